The molecule has 0 radical (unpaired) electrons. The van der Waals surface area contributed by atoms with Crippen LogP contribution < -0.4 is 5.32 Å². The van der Waals surface area contributed by atoms with Gasteiger partial charge in [-0.3, -0.25) is 19.7 Å². The van der Waals surface area contributed by atoms with E-state index in [0.29, 0.717) is 6.42 Å². The predicted molar refractivity (Wildman–Crippen MR) is 98.6 cm³/mol. The predicted octanol–water partition coefficient (Wildman–Crippen LogP) is 3.00. The first kappa shape index (κ1) is 18.5. The summed E-state index contributed by atoms with van der Waals surface area (Å²) in [6.07, 6.45) is 5.46. The fraction of sp³-hybridized carbons (Fsp3) is 0.474. The molecule has 0 atom stereocenters. The number of carbonyl (C=O) groups excluding carboxylic acids is 3. The number of rotatable bonds is 6. The summed E-state index contributed by atoms with van der Waals surface area (Å²) in [5.41, 5.74) is 0.918. The first-order valence-electron chi connectivity index (χ1n) is 8.95. The minimum atomic E-state index is -0.561. The monoisotopic (exact) mass is 374 g/mol. The molecule has 0 aliphatic heterocycles. The lowest BCUT2D eigenvalue weighted by Crippen LogP contribution is -2.38. The number of fused-ring (bicyclic) bond motifs is 1. The summed E-state index contributed by atoms with van der Waals surface area (Å²) in [6.45, 7) is -0.420. The number of hydrogen-bond acceptors (Lipinski definition) is 6. The first-order chi connectivity index (χ1) is 12.6. The van der Waals surface area contributed by atoms with Gasteiger partial charge in [-0.05, 0) is 25.0 Å². The zero-order valence-corrected chi connectivity index (χ0v) is 15.3. The Morgan fingerprint density at radius 2 is 1.92 bits per heavy atom. The lowest BCUT2D eigenvalue weighted by atomic mass is 9.89. The van der Waals surface area contributed by atoms with E-state index in [1.54, 1.807) is 11.3 Å². The molecule has 138 valence electrons. The Hall–Kier alpha value is -2.28. The van der Waals surface area contributed by atoms with Gasteiger partial charge < -0.3 is 4.74 Å². The quantitative estimate of drug-likeness (QED) is 0.786. The highest BCUT2D eigenvalue weighted by atomic mass is 32.1. The van der Waals surface area contributed by atoms with Crippen molar-refractivity contribution < 1.29 is 19.1 Å². The number of aromatic nitrogens is 1. The van der Waals surface area contributed by atoms with Crippen LogP contribution >= 0.6 is 11.3 Å². The van der Waals surface area contributed by atoms with Crippen molar-refractivity contribution in [1.29, 1.82) is 0 Å². The SMILES string of the molecule is O=C(COC(=O)CCc1nc2ccccc2s1)NC(=O)C1CCCCC1. The van der Waals surface area contributed by atoms with E-state index in [1.807, 2.05) is 24.3 Å². The van der Waals surface area contributed by atoms with Gasteiger partial charge >= 0.3 is 5.97 Å². The number of para-hydroxylation sites is 1. The highest BCUT2D eigenvalue weighted by Gasteiger charge is 2.23. The Morgan fingerprint density at radius 1 is 1.15 bits per heavy atom. The molecule has 2 amide bonds. The Morgan fingerprint density at radius 3 is 2.69 bits per heavy atom. The Balaban J connectivity index is 1.37. The smallest absolute Gasteiger partial charge is 0.306 e. The number of aryl methyl sites for hydroxylation is 1. The molecule has 1 aromatic heterocycles. The summed E-state index contributed by atoms with van der Waals surface area (Å²) in [4.78, 5) is 40.0. The zero-order chi connectivity index (χ0) is 18.4. The molecule has 1 N–H and O–H groups in total. The Kier molecular flexibility index (Phi) is 6.33. The van der Waals surface area contributed by atoms with E-state index in [-0.39, 0.29) is 18.2 Å². The minimum Gasteiger partial charge on any atom is -0.456 e. The normalized spacial score (nSPS) is 14.9. The van der Waals surface area contributed by atoms with Crippen molar-refractivity contribution in [2.75, 3.05) is 6.61 Å². The highest BCUT2D eigenvalue weighted by molar-refractivity contribution is 7.18. The number of esters is 1. The maximum atomic E-state index is 12.0. The van der Waals surface area contributed by atoms with Crippen LogP contribution in [-0.4, -0.2) is 29.4 Å². The summed E-state index contributed by atoms with van der Waals surface area (Å²) in [5.74, 6) is -1.37. The molecule has 0 saturated heterocycles. The molecule has 2 aromatic rings. The van der Waals surface area contributed by atoms with Crippen LogP contribution in [-0.2, 0) is 25.5 Å². The van der Waals surface area contributed by atoms with Crippen molar-refractivity contribution in [3.05, 3.63) is 29.3 Å². The van der Waals surface area contributed by atoms with Gasteiger partial charge in [0.25, 0.3) is 5.91 Å². The van der Waals surface area contributed by atoms with E-state index in [4.69, 9.17) is 4.74 Å². The first-order valence-corrected chi connectivity index (χ1v) is 9.77. The number of benzene rings is 1. The van der Waals surface area contributed by atoms with Gasteiger partial charge in [0.2, 0.25) is 5.91 Å². The van der Waals surface area contributed by atoms with Crippen LogP contribution in [0.3, 0.4) is 0 Å². The molecule has 7 heteroatoms. The molecule has 26 heavy (non-hydrogen) atoms. The lowest BCUT2D eigenvalue weighted by molar-refractivity contribution is -0.150. The average Bonchev–Trinajstić information content (AvgIpc) is 3.08. The zero-order valence-electron chi connectivity index (χ0n) is 14.5. The molecule has 1 aromatic carbocycles. The van der Waals surface area contributed by atoms with Crippen LogP contribution in [0.15, 0.2) is 24.3 Å². The van der Waals surface area contributed by atoms with Crippen LogP contribution in [0, 0.1) is 5.92 Å². The van der Waals surface area contributed by atoms with Crippen molar-refractivity contribution in [1.82, 2.24) is 10.3 Å². The van der Waals surface area contributed by atoms with Gasteiger partial charge in [-0.2, -0.15) is 0 Å². The fourth-order valence-corrected chi connectivity index (χ4v) is 4.06. The van der Waals surface area contributed by atoms with Gasteiger partial charge in [-0.15, -0.1) is 11.3 Å². The minimum absolute atomic E-state index is 0.0950. The third kappa shape index (κ3) is 5.11. The topological polar surface area (TPSA) is 85.4 Å². The third-order valence-corrected chi connectivity index (χ3v) is 5.58. The second-order valence-electron chi connectivity index (χ2n) is 6.48. The van der Waals surface area contributed by atoms with E-state index in [9.17, 15) is 14.4 Å². The lowest BCUT2D eigenvalue weighted by Gasteiger charge is -2.20. The van der Waals surface area contributed by atoms with Gasteiger partial charge in [0.05, 0.1) is 21.6 Å². The molecule has 1 heterocycles. The van der Waals surface area contributed by atoms with Gasteiger partial charge in [-0.1, -0.05) is 31.4 Å². The number of amides is 2. The Bertz CT molecular complexity index is 763. The second kappa shape index (κ2) is 8.89. The van der Waals surface area contributed by atoms with E-state index >= 15 is 0 Å². The number of nitrogens with one attached hydrogen (secondary N) is 1. The Labute approximate surface area is 155 Å². The number of imide groups is 1. The van der Waals surface area contributed by atoms with Crippen LogP contribution in [0.4, 0.5) is 0 Å². The van der Waals surface area contributed by atoms with Crippen molar-refractivity contribution in [3.8, 4) is 0 Å². The molecular formula is C19H22N2O4S. The van der Waals surface area contributed by atoms with Gasteiger partial charge in [-0.25, -0.2) is 4.98 Å². The number of thiazole rings is 1. The third-order valence-electron chi connectivity index (χ3n) is 4.48. The van der Waals surface area contributed by atoms with E-state index in [2.05, 4.69) is 10.3 Å². The molecular weight excluding hydrogens is 352 g/mol. The summed E-state index contributed by atoms with van der Waals surface area (Å²) >= 11 is 1.55. The van der Waals surface area contributed by atoms with E-state index < -0.39 is 18.5 Å². The van der Waals surface area contributed by atoms with E-state index in [0.717, 1.165) is 47.3 Å². The van der Waals surface area contributed by atoms with Crippen LogP contribution in [0.5, 0.6) is 0 Å². The summed E-state index contributed by atoms with van der Waals surface area (Å²) < 4.78 is 6.04. The number of carbonyl (C=O) groups is 3. The number of nitrogens with zero attached hydrogens (tertiary/aromatic N) is 1. The molecule has 6 nitrogen and oxygen atoms in total. The second-order valence-corrected chi connectivity index (χ2v) is 7.60. The maximum absolute atomic E-state index is 12.0. The molecule has 0 spiro atoms. The molecule has 0 unspecified atom stereocenters. The van der Waals surface area contributed by atoms with Crippen molar-refractivity contribution >= 4 is 39.3 Å². The van der Waals surface area contributed by atoms with Gasteiger partial charge in [0.15, 0.2) is 6.61 Å². The summed E-state index contributed by atoms with van der Waals surface area (Å²) in [5, 5.41) is 3.19. The molecule has 1 saturated carbocycles. The standard InChI is InChI=1S/C19H22N2O4S/c22-16(21-19(24)13-6-2-1-3-7-13)12-25-18(23)11-10-17-20-14-8-4-5-9-15(14)26-17/h4-5,8-9,13H,1-3,6-7,10-12H2,(H,21,22,24). The van der Waals surface area contributed by atoms with Gasteiger partial charge in [0, 0.05) is 12.3 Å². The summed E-state index contributed by atoms with van der Waals surface area (Å²) in [6, 6.07) is 7.79. The largest absolute Gasteiger partial charge is 0.456 e. The maximum Gasteiger partial charge on any atom is 0.306 e. The van der Waals surface area contributed by atoms with Crippen LogP contribution in [0.2, 0.25) is 0 Å². The molecule has 0 bridgehead atoms. The average molecular weight is 374 g/mol. The van der Waals surface area contributed by atoms with Crippen molar-refractivity contribution in [2.24, 2.45) is 5.92 Å². The molecule has 3 rings (SSSR count). The van der Waals surface area contributed by atoms with Crippen LogP contribution in [0.25, 0.3) is 10.2 Å². The van der Waals surface area contributed by atoms with Crippen LogP contribution in [0.1, 0.15) is 43.5 Å². The number of ether oxygens (including phenoxy) is 1. The van der Waals surface area contributed by atoms with E-state index in [1.165, 1.54) is 0 Å². The molecule has 1 aliphatic carbocycles. The highest BCUT2D eigenvalue weighted by Crippen LogP contribution is 2.24. The van der Waals surface area contributed by atoms with Gasteiger partial charge in [0.1, 0.15) is 0 Å². The fourth-order valence-electron chi connectivity index (χ4n) is 3.09. The van der Waals surface area contributed by atoms with Crippen molar-refractivity contribution in [2.45, 2.75) is 44.9 Å². The number of hydrogen-bond donors (Lipinski definition) is 1. The van der Waals surface area contributed by atoms with Crippen molar-refractivity contribution in [3.63, 3.8) is 0 Å². The molecule has 1 fully saturated rings. The molecule has 1 aliphatic rings. The summed E-state index contributed by atoms with van der Waals surface area (Å²) in [7, 11) is 0.